The zero-order valence-corrected chi connectivity index (χ0v) is 15.9. The first-order valence-corrected chi connectivity index (χ1v) is 9.50. The summed E-state index contributed by atoms with van der Waals surface area (Å²) in [5.41, 5.74) is 1.36. The first kappa shape index (κ1) is 17.8. The van der Waals surface area contributed by atoms with Crippen molar-refractivity contribution in [2.45, 2.75) is 33.1 Å². The smallest absolute Gasteiger partial charge is 0.226 e. The molecule has 1 aromatic rings. The lowest BCUT2D eigenvalue weighted by atomic mass is 9.90. The molecule has 1 saturated carbocycles. The van der Waals surface area contributed by atoms with E-state index in [1.54, 1.807) is 0 Å². The number of nitrogens with zero attached hydrogens (tertiary/aromatic N) is 1. The van der Waals surface area contributed by atoms with Crippen molar-refractivity contribution in [2.75, 3.05) is 13.1 Å². The van der Waals surface area contributed by atoms with Gasteiger partial charge in [-0.15, -0.1) is 0 Å². The van der Waals surface area contributed by atoms with Crippen molar-refractivity contribution in [3.05, 3.63) is 46.5 Å². The van der Waals surface area contributed by atoms with Gasteiger partial charge in [-0.05, 0) is 48.2 Å². The molecule has 0 bridgehead atoms. The Morgan fingerprint density at radius 2 is 1.83 bits per heavy atom. The van der Waals surface area contributed by atoms with E-state index in [0.717, 1.165) is 32.4 Å². The van der Waals surface area contributed by atoms with Crippen LogP contribution in [0.1, 0.15) is 32.3 Å². The van der Waals surface area contributed by atoms with Gasteiger partial charge in [-0.3, -0.25) is 4.79 Å². The molecule has 3 rings (SSSR count). The normalized spacial score (nSPS) is 26.1. The molecule has 2 aliphatic rings. The van der Waals surface area contributed by atoms with Gasteiger partial charge in [-0.25, -0.2) is 0 Å². The minimum Gasteiger partial charge on any atom is -0.342 e. The first-order chi connectivity index (χ1) is 11.4. The van der Waals surface area contributed by atoms with Crippen LogP contribution in [-0.4, -0.2) is 23.9 Å². The molecular formula is C20H25Cl2NO. The highest BCUT2D eigenvalue weighted by Crippen LogP contribution is 2.60. The second-order valence-electron chi connectivity index (χ2n) is 7.74. The second-order valence-corrected chi connectivity index (χ2v) is 8.75. The SMILES string of the molecule is CC1(C)[C@H](C(=O)N2CCC(Cc3ccccc3)CC2)[C@@H]1C=C(Cl)Cl. The van der Waals surface area contributed by atoms with E-state index in [2.05, 4.69) is 44.2 Å². The number of piperidine rings is 1. The Bertz CT molecular complexity index is 614. The Balaban J connectivity index is 1.53. The first-order valence-electron chi connectivity index (χ1n) is 8.75. The van der Waals surface area contributed by atoms with Gasteiger partial charge in [0.2, 0.25) is 5.91 Å². The van der Waals surface area contributed by atoms with Crippen LogP contribution in [0.3, 0.4) is 0 Å². The average molecular weight is 366 g/mol. The number of hydrogen-bond acceptors (Lipinski definition) is 1. The van der Waals surface area contributed by atoms with E-state index < -0.39 is 0 Å². The zero-order chi connectivity index (χ0) is 17.3. The van der Waals surface area contributed by atoms with Crippen molar-refractivity contribution in [1.82, 2.24) is 4.90 Å². The topological polar surface area (TPSA) is 20.3 Å². The van der Waals surface area contributed by atoms with Crippen LogP contribution < -0.4 is 0 Å². The molecule has 2 fully saturated rings. The van der Waals surface area contributed by atoms with Gasteiger partial charge >= 0.3 is 0 Å². The summed E-state index contributed by atoms with van der Waals surface area (Å²) in [7, 11) is 0. The minimum absolute atomic E-state index is 0.0238. The lowest BCUT2D eigenvalue weighted by Gasteiger charge is -2.32. The van der Waals surface area contributed by atoms with E-state index in [9.17, 15) is 4.79 Å². The number of rotatable bonds is 4. The van der Waals surface area contributed by atoms with Gasteiger partial charge in [0.15, 0.2) is 0 Å². The van der Waals surface area contributed by atoms with Gasteiger partial charge in [0.05, 0.1) is 5.92 Å². The van der Waals surface area contributed by atoms with E-state index in [1.807, 2.05) is 11.0 Å². The number of benzene rings is 1. The van der Waals surface area contributed by atoms with E-state index >= 15 is 0 Å². The van der Waals surface area contributed by atoms with Gasteiger partial charge in [-0.2, -0.15) is 0 Å². The lowest BCUT2D eigenvalue weighted by Crippen LogP contribution is -2.40. The maximum atomic E-state index is 12.8. The Morgan fingerprint density at radius 1 is 1.21 bits per heavy atom. The molecule has 130 valence electrons. The Labute approximate surface area is 154 Å². The summed E-state index contributed by atoms with van der Waals surface area (Å²) in [5, 5.41) is 0. The molecule has 1 aliphatic carbocycles. The number of carbonyl (C=O) groups excluding carboxylic acids is 1. The van der Waals surface area contributed by atoms with E-state index in [0.29, 0.717) is 5.92 Å². The van der Waals surface area contributed by atoms with E-state index in [4.69, 9.17) is 23.2 Å². The monoisotopic (exact) mass is 365 g/mol. The predicted molar refractivity (Wildman–Crippen MR) is 100 cm³/mol. The molecule has 1 aliphatic heterocycles. The molecule has 0 aromatic heterocycles. The molecule has 0 spiro atoms. The van der Waals surface area contributed by atoms with Crippen LogP contribution in [0.4, 0.5) is 0 Å². The fourth-order valence-electron chi connectivity index (χ4n) is 4.10. The van der Waals surface area contributed by atoms with Crippen molar-refractivity contribution in [3.8, 4) is 0 Å². The number of likely N-dealkylation sites (tertiary alicyclic amines) is 1. The van der Waals surface area contributed by atoms with E-state index in [-0.39, 0.29) is 27.6 Å². The molecule has 1 saturated heterocycles. The summed E-state index contributed by atoms with van der Waals surface area (Å²) >= 11 is 11.6. The third-order valence-electron chi connectivity index (χ3n) is 5.78. The molecule has 4 heteroatoms. The van der Waals surface area contributed by atoms with Crippen LogP contribution >= 0.6 is 23.2 Å². The highest BCUT2D eigenvalue weighted by atomic mass is 35.5. The van der Waals surface area contributed by atoms with Gasteiger partial charge in [0.25, 0.3) is 0 Å². The van der Waals surface area contributed by atoms with Crippen molar-refractivity contribution < 1.29 is 4.79 Å². The molecule has 2 atom stereocenters. The molecular weight excluding hydrogens is 341 g/mol. The highest BCUT2D eigenvalue weighted by Gasteiger charge is 2.61. The van der Waals surface area contributed by atoms with Gasteiger partial charge in [-0.1, -0.05) is 67.4 Å². The summed E-state index contributed by atoms with van der Waals surface area (Å²) in [4.78, 5) is 14.9. The van der Waals surface area contributed by atoms with Crippen molar-refractivity contribution in [3.63, 3.8) is 0 Å². The second kappa shape index (κ2) is 7.09. The maximum absolute atomic E-state index is 12.8. The standard InChI is InChI=1S/C20H25Cl2NO/c1-20(2)16(13-17(21)22)18(20)19(24)23-10-8-15(9-11-23)12-14-6-4-3-5-7-14/h3-7,13,15-16,18H,8-12H2,1-2H3/t16-,18-/m0/s1. The van der Waals surface area contributed by atoms with Crippen LogP contribution in [0.25, 0.3) is 0 Å². The third-order valence-corrected chi connectivity index (χ3v) is 6.03. The molecule has 0 unspecified atom stereocenters. The number of carbonyl (C=O) groups is 1. The lowest BCUT2D eigenvalue weighted by molar-refractivity contribution is -0.134. The highest BCUT2D eigenvalue weighted by molar-refractivity contribution is 6.55. The van der Waals surface area contributed by atoms with Crippen molar-refractivity contribution in [2.24, 2.45) is 23.2 Å². The zero-order valence-electron chi connectivity index (χ0n) is 14.3. The minimum atomic E-state index is -0.0347. The van der Waals surface area contributed by atoms with Crippen molar-refractivity contribution >= 4 is 29.1 Å². The molecule has 0 radical (unpaired) electrons. The number of hydrogen-bond donors (Lipinski definition) is 0. The molecule has 2 nitrogen and oxygen atoms in total. The summed E-state index contributed by atoms with van der Waals surface area (Å²) in [6.07, 6.45) is 5.12. The average Bonchev–Trinajstić information content (AvgIpc) is 3.08. The summed E-state index contributed by atoms with van der Waals surface area (Å²) < 4.78 is 0.268. The predicted octanol–water partition coefficient (Wildman–Crippen LogP) is 5.06. The van der Waals surface area contributed by atoms with Crippen LogP contribution in [0, 0.1) is 23.2 Å². The van der Waals surface area contributed by atoms with Gasteiger partial charge < -0.3 is 4.90 Å². The number of amides is 1. The molecule has 1 amide bonds. The van der Waals surface area contributed by atoms with E-state index in [1.165, 1.54) is 5.56 Å². The fraction of sp³-hybridized carbons (Fsp3) is 0.550. The quantitative estimate of drug-likeness (QED) is 0.730. The molecule has 1 heterocycles. The molecule has 0 N–H and O–H groups in total. The molecule has 1 aromatic carbocycles. The summed E-state index contributed by atoms with van der Waals surface area (Å²) in [6, 6.07) is 10.6. The Kier molecular flexibility index (Phi) is 5.27. The van der Waals surface area contributed by atoms with Crippen LogP contribution in [-0.2, 0) is 11.2 Å². The Morgan fingerprint density at radius 3 is 2.42 bits per heavy atom. The van der Waals surface area contributed by atoms with Crippen LogP contribution in [0.15, 0.2) is 40.9 Å². The van der Waals surface area contributed by atoms with Crippen LogP contribution in [0.5, 0.6) is 0 Å². The number of allylic oxidation sites excluding steroid dienone is 1. The van der Waals surface area contributed by atoms with Gasteiger partial charge in [0, 0.05) is 13.1 Å². The summed E-state index contributed by atoms with van der Waals surface area (Å²) in [5.74, 6) is 1.14. The summed E-state index contributed by atoms with van der Waals surface area (Å²) in [6.45, 7) is 5.98. The molecule has 24 heavy (non-hydrogen) atoms. The third kappa shape index (κ3) is 3.81. The van der Waals surface area contributed by atoms with Gasteiger partial charge in [0.1, 0.15) is 4.49 Å². The largest absolute Gasteiger partial charge is 0.342 e. The maximum Gasteiger partial charge on any atom is 0.226 e. The fourth-order valence-corrected chi connectivity index (χ4v) is 4.37. The van der Waals surface area contributed by atoms with Crippen molar-refractivity contribution in [1.29, 1.82) is 0 Å². The number of halogens is 2. The Hall–Kier alpha value is -0.990. The van der Waals surface area contributed by atoms with Crippen LogP contribution in [0.2, 0.25) is 0 Å².